The van der Waals surface area contributed by atoms with Crippen LogP contribution < -0.4 is 5.32 Å². The van der Waals surface area contributed by atoms with Crippen molar-refractivity contribution in [1.82, 2.24) is 5.32 Å². The molecule has 0 aliphatic rings. The number of thiol groups is 1. The first kappa shape index (κ1) is 13.3. The lowest BCUT2D eigenvalue weighted by molar-refractivity contribution is -0.146. The molecule has 0 aromatic rings. The van der Waals surface area contributed by atoms with Crippen LogP contribution in [-0.4, -0.2) is 30.3 Å². The third kappa shape index (κ3) is 5.11. The Morgan fingerprint density at radius 2 is 2.07 bits per heavy atom. The number of rotatable bonds is 6. The fourth-order valence-corrected chi connectivity index (χ4v) is 1.16. The van der Waals surface area contributed by atoms with Crippen LogP contribution in [0.2, 0.25) is 0 Å². The summed E-state index contributed by atoms with van der Waals surface area (Å²) in [6, 6.07) is -0.627. The van der Waals surface area contributed by atoms with E-state index < -0.39 is 12.0 Å². The van der Waals surface area contributed by atoms with Crippen molar-refractivity contribution >= 4 is 24.5 Å². The average Bonchev–Trinajstić information content (AvgIpc) is 2.15. The summed E-state index contributed by atoms with van der Waals surface area (Å²) in [6.45, 7) is 3.94. The first-order valence-corrected chi connectivity index (χ1v) is 5.35. The summed E-state index contributed by atoms with van der Waals surface area (Å²) in [6.07, 6.45) is 1.18. The Hall–Kier alpha value is -0.710. The van der Waals surface area contributed by atoms with Crippen LogP contribution in [0.4, 0.5) is 0 Å². The van der Waals surface area contributed by atoms with E-state index in [-0.39, 0.29) is 11.7 Å². The Kier molecular flexibility index (Phi) is 7.28. The van der Waals surface area contributed by atoms with Crippen LogP contribution in [0.1, 0.15) is 26.7 Å². The lowest BCUT2D eigenvalue weighted by atomic mass is 10.3. The van der Waals surface area contributed by atoms with Gasteiger partial charge in [0.2, 0.25) is 5.91 Å². The zero-order valence-corrected chi connectivity index (χ0v) is 9.47. The molecule has 0 aromatic carbocycles. The summed E-state index contributed by atoms with van der Waals surface area (Å²) in [5, 5.41) is 2.56. The Bertz CT molecular complexity index is 196. The lowest BCUT2D eigenvalue weighted by Crippen LogP contribution is -2.43. The van der Waals surface area contributed by atoms with Crippen LogP contribution in [-0.2, 0) is 14.3 Å². The summed E-state index contributed by atoms with van der Waals surface area (Å²) < 4.78 is 4.77. The molecule has 1 atom stereocenters. The molecule has 0 aliphatic carbocycles. The normalized spacial score (nSPS) is 11.9. The maximum atomic E-state index is 11.2. The topological polar surface area (TPSA) is 55.4 Å². The molecule has 1 unspecified atom stereocenters. The van der Waals surface area contributed by atoms with Crippen molar-refractivity contribution in [3.63, 3.8) is 0 Å². The minimum absolute atomic E-state index is 0.139. The van der Waals surface area contributed by atoms with Crippen LogP contribution >= 0.6 is 12.6 Å². The van der Waals surface area contributed by atoms with Crippen LogP contribution in [0.15, 0.2) is 0 Å². The predicted molar refractivity (Wildman–Crippen MR) is 57.3 cm³/mol. The minimum atomic E-state index is -0.627. The summed E-state index contributed by atoms with van der Waals surface area (Å²) in [4.78, 5) is 22.4. The van der Waals surface area contributed by atoms with Gasteiger partial charge in [-0.2, -0.15) is 12.6 Å². The molecule has 1 N–H and O–H groups in total. The Balaban J connectivity index is 4.01. The highest BCUT2D eigenvalue weighted by Crippen LogP contribution is 1.95. The standard InChI is InChI=1S/C9H17NO3S/c1-3-5-8(11)10-7(6-14)9(12)13-4-2/h7,14H,3-6H2,1-2H3,(H,10,11). The SMILES string of the molecule is CCCC(=O)NC(CS)C(=O)OCC. The molecule has 0 fully saturated rings. The van der Waals surface area contributed by atoms with E-state index in [2.05, 4.69) is 17.9 Å². The van der Waals surface area contributed by atoms with Crippen molar-refractivity contribution in [2.45, 2.75) is 32.7 Å². The molecule has 0 saturated carbocycles. The van der Waals surface area contributed by atoms with Crippen LogP contribution in [0.25, 0.3) is 0 Å². The number of ether oxygens (including phenoxy) is 1. The van der Waals surface area contributed by atoms with Crippen molar-refractivity contribution in [3.8, 4) is 0 Å². The number of hydrogen-bond donors (Lipinski definition) is 2. The van der Waals surface area contributed by atoms with E-state index in [4.69, 9.17) is 4.74 Å². The van der Waals surface area contributed by atoms with Crippen LogP contribution in [0.5, 0.6) is 0 Å². The molecule has 0 rings (SSSR count). The van der Waals surface area contributed by atoms with Crippen molar-refractivity contribution in [1.29, 1.82) is 0 Å². The molecule has 0 aliphatic heterocycles. The first-order chi connectivity index (χ1) is 6.65. The summed E-state index contributed by atoms with van der Waals surface area (Å²) in [5.41, 5.74) is 0. The number of hydrogen-bond acceptors (Lipinski definition) is 4. The third-order valence-electron chi connectivity index (χ3n) is 1.57. The molecule has 1 amide bonds. The molecular weight excluding hydrogens is 202 g/mol. The van der Waals surface area contributed by atoms with Gasteiger partial charge in [-0.25, -0.2) is 4.79 Å². The number of carbonyl (C=O) groups is 2. The number of nitrogens with one attached hydrogen (secondary N) is 1. The van der Waals surface area contributed by atoms with Gasteiger partial charge in [0, 0.05) is 12.2 Å². The van der Waals surface area contributed by atoms with Crippen molar-refractivity contribution in [2.24, 2.45) is 0 Å². The van der Waals surface area contributed by atoms with Gasteiger partial charge in [0.05, 0.1) is 6.61 Å². The molecule has 0 heterocycles. The zero-order chi connectivity index (χ0) is 11.0. The first-order valence-electron chi connectivity index (χ1n) is 4.72. The van der Waals surface area contributed by atoms with Crippen LogP contribution in [0, 0.1) is 0 Å². The zero-order valence-electron chi connectivity index (χ0n) is 8.58. The van der Waals surface area contributed by atoms with Gasteiger partial charge < -0.3 is 10.1 Å². The Labute approximate surface area is 89.8 Å². The quantitative estimate of drug-likeness (QED) is 0.512. The monoisotopic (exact) mass is 219 g/mol. The molecule has 0 spiro atoms. The second-order valence-electron chi connectivity index (χ2n) is 2.80. The fourth-order valence-electron chi connectivity index (χ4n) is 0.916. The van der Waals surface area contributed by atoms with Crippen molar-refractivity contribution in [2.75, 3.05) is 12.4 Å². The maximum Gasteiger partial charge on any atom is 0.329 e. The fraction of sp³-hybridized carbons (Fsp3) is 0.778. The second kappa shape index (κ2) is 7.67. The molecule has 5 heteroatoms. The molecule has 4 nitrogen and oxygen atoms in total. The van der Waals surface area contributed by atoms with Gasteiger partial charge in [0.15, 0.2) is 0 Å². The molecule has 0 saturated heterocycles. The summed E-state index contributed by atoms with van der Waals surface area (Å²) in [5.74, 6) is -0.305. The second-order valence-corrected chi connectivity index (χ2v) is 3.17. The molecule has 14 heavy (non-hydrogen) atoms. The molecule has 82 valence electrons. The highest BCUT2D eigenvalue weighted by molar-refractivity contribution is 7.80. The summed E-state index contributed by atoms with van der Waals surface area (Å²) in [7, 11) is 0. The van der Waals surface area contributed by atoms with Crippen molar-refractivity contribution < 1.29 is 14.3 Å². The van der Waals surface area contributed by atoms with Gasteiger partial charge in [0.1, 0.15) is 6.04 Å². The van der Waals surface area contributed by atoms with E-state index in [9.17, 15) is 9.59 Å². The third-order valence-corrected chi connectivity index (χ3v) is 1.93. The number of carbonyl (C=O) groups excluding carboxylic acids is 2. The lowest BCUT2D eigenvalue weighted by Gasteiger charge is -2.14. The molecular formula is C9H17NO3S. The van der Waals surface area contributed by atoms with Gasteiger partial charge in [-0.15, -0.1) is 0 Å². The van der Waals surface area contributed by atoms with E-state index in [0.29, 0.717) is 13.0 Å². The average molecular weight is 219 g/mol. The van der Waals surface area contributed by atoms with E-state index in [1.54, 1.807) is 6.92 Å². The number of amides is 1. The van der Waals surface area contributed by atoms with Crippen molar-refractivity contribution in [3.05, 3.63) is 0 Å². The van der Waals surface area contributed by atoms with Gasteiger partial charge in [0.25, 0.3) is 0 Å². The van der Waals surface area contributed by atoms with Gasteiger partial charge in [-0.05, 0) is 13.3 Å². The molecule has 0 bridgehead atoms. The highest BCUT2D eigenvalue weighted by Gasteiger charge is 2.19. The molecule has 0 aromatic heterocycles. The minimum Gasteiger partial charge on any atom is -0.464 e. The highest BCUT2D eigenvalue weighted by atomic mass is 32.1. The smallest absolute Gasteiger partial charge is 0.329 e. The largest absolute Gasteiger partial charge is 0.464 e. The Morgan fingerprint density at radius 3 is 2.50 bits per heavy atom. The molecule has 0 radical (unpaired) electrons. The van der Waals surface area contributed by atoms with Crippen LogP contribution in [0.3, 0.4) is 0 Å². The Morgan fingerprint density at radius 1 is 1.43 bits per heavy atom. The van der Waals surface area contributed by atoms with E-state index >= 15 is 0 Å². The number of esters is 1. The maximum absolute atomic E-state index is 11.2. The van der Waals surface area contributed by atoms with E-state index in [0.717, 1.165) is 6.42 Å². The van der Waals surface area contributed by atoms with Gasteiger partial charge in [-0.1, -0.05) is 6.92 Å². The van der Waals surface area contributed by atoms with E-state index in [1.807, 2.05) is 6.92 Å². The summed E-state index contributed by atoms with van der Waals surface area (Å²) >= 11 is 3.97. The van der Waals surface area contributed by atoms with Gasteiger partial charge in [-0.3, -0.25) is 4.79 Å². The predicted octanol–water partition coefficient (Wildman–Crippen LogP) is 0.764. The van der Waals surface area contributed by atoms with E-state index in [1.165, 1.54) is 0 Å². The van der Waals surface area contributed by atoms with Gasteiger partial charge >= 0.3 is 5.97 Å².